The van der Waals surface area contributed by atoms with Crippen molar-refractivity contribution in [2.24, 2.45) is 40.7 Å². The molecule has 0 saturated heterocycles. The lowest BCUT2D eigenvalue weighted by molar-refractivity contribution is -0.105. The average Bonchev–Trinajstić information content (AvgIpc) is 2.38. The van der Waals surface area contributed by atoms with Gasteiger partial charge in [0.05, 0.1) is 0 Å². The SMILES string of the molecule is NCC1(C2C3CC4CC(C3)CC2C4)CCCCC1. The third kappa shape index (κ3) is 1.62. The molecular weight excluding hydrogens is 218 g/mol. The van der Waals surface area contributed by atoms with Crippen LogP contribution < -0.4 is 5.73 Å². The second-order valence-corrected chi connectivity index (χ2v) is 8.08. The van der Waals surface area contributed by atoms with Gasteiger partial charge in [0.1, 0.15) is 0 Å². The number of rotatable bonds is 2. The first-order valence-electron chi connectivity index (χ1n) is 8.51. The molecule has 4 bridgehead atoms. The van der Waals surface area contributed by atoms with E-state index in [9.17, 15) is 0 Å². The summed E-state index contributed by atoms with van der Waals surface area (Å²) in [6, 6.07) is 0. The molecule has 102 valence electrons. The van der Waals surface area contributed by atoms with Crippen LogP contribution in [0, 0.1) is 35.0 Å². The number of hydrogen-bond donors (Lipinski definition) is 1. The third-order valence-electron chi connectivity index (χ3n) is 7.19. The Hall–Kier alpha value is -0.0400. The van der Waals surface area contributed by atoms with Crippen LogP contribution in [0.4, 0.5) is 0 Å². The third-order valence-corrected chi connectivity index (χ3v) is 7.19. The number of hydrogen-bond acceptors (Lipinski definition) is 1. The van der Waals surface area contributed by atoms with Crippen LogP contribution in [0.5, 0.6) is 0 Å². The van der Waals surface area contributed by atoms with Crippen LogP contribution in [0.25, 0.3) is 0 Å². The van der Waals surface area contributed by atoms with Crippen LogP contribution in [0.3, 0.4) is 0 Å². The molecule has 0 radical (unpaired) electrons. The van der Waals surface area contributed by atoms with Crippen LogP contribution in [0.15, 0.2) is 0 Å². The highest BCUT2D eigenvalue weighted by Crippen LogP contribution is 2.63. The lowest BCUT2D eigenvalue weighted by Crippen LogP contribution is -2.54. The highest BCUT2D eigenvalue weighted by Gasteiger charge is 2.54. The molecule has 5 saturated carbocycles. The Morgan fingerprint density at radius 1 is 0.778 bits per heavy atom. The zero-order valence-electron chi connectivity index (χ0n) is 11.7. The van der Waals surface area contributed by atoms with E-state index in [2.05, 4.69) is 0 Å². The average molecular weight is 247 g/mol. The molecule has 0 unspecified atom stereocenters. The Morgan fingerprint density at radius 3 is 1.83 bits per heavy atom. The summed E-state index contributed by atoms with van der Waals surface area (Å²) in [6.45, 7) is 0.986. The topological polar surface area (TPSA) is 26.0 Å². The van der Waals surface area contributed by atoms with Gasteiger partial charge >= 0.3 is 0 Å². The Morgan fingerprint density at radius 2 is 1.33 bits per heavy atom. The van der Waals surface area contributed by atoms with Gasteiger partial charge in [-0.2, -0.15) is 0 Å². The Labute approximate surface area is 112 Å². The lowest BCUT2D eigenvalue weighted by atomic mass is 9.45. The van der Waals surface area contributed by atoms with Gasteiger partial charge in [-0.25, -0.2) is 0 Å². The van der Waals surface area contributed by atoms with Crippen molar-refractivity contribution in [1.82, 2.24) is 0 Å². The Kier molecular flexibility index (Phi) is 2.76. The predicted molar refractivity (Wildman–Crippen MR) is 75.1 cm³/mol. The molecule has 5 rings (SSSR count). The zero-order chi connectivity index (χ0) is 12.2. The molecule has 0 spiro atoms. The van der Waals surface area contributed by atoms with Gasteiger partial charge in [0.25, 0.3) is 0 Å². The van der Waals surface area contributed by atoms with E-state index in [4.69, 9.17) is 5.73 Å². The maximum Gasteiger partial charge on any atom is -0.00177 e. The van der Waals surface area contributed by atoms with E-state index in [1.165, 1.54) is 32.1 Å². The van der Waals surface area contributed by atoms with Crippen molar-refractivity contribution in [1.29, 1.82) is 0 Å². The summed E-state index contributed by atoms with van der Waals surface area (Å²) < 4.78 is 0. The molecule has 0 aromatic rings. The standard InChI is InChI=1S/C17H29N/c18-11-17(4-2-1-3-5-17)16-14-7-12-6-13(9-14)10-15(16)8-12/h12-16H,1-11,18H2. The number of nitrogens with two attached hydrogens (primary N) is 1. The van der Waals surface area contributed by atoms with Crippen molar-refractivity contribution < 1.29 is 0 Å². The van der Waals surface area contributed by atoms with Gasteiger partial charge < -0.3 is 5.73 Å². The van der Waals surface area contributed by atoms with Crippen LogP contribution in [-0.2, 0) is 0 Å². The fourth-order valence-electron chi connectivity index (χ4n) is 6.85. The first-order valence-corrected chi connectivity index (χ1v) is 8.51. The van der Waals surface area contributed by atoms with Gasteiger partial charge in [-0.1, -0.05) is 19.3 Å². The summed E-state index contributed by atoms with van der Waals surface area (Å²) in [5.74, 6) is 5.39. The summed E-state index contributed by atoms with van der Waals surface area (Å²) in [5.41, 5.74) is 6.89. The van der Waals surface area contributed by atoms with Gasteiger partial charge in [-0.3, -0.25) is 0 Å². The molecule has 5 fully saturated rings. The van der Waals surface area contributed by atoms with Crippen LogP contribution >= 0.6 is 0 Å². The first kappa shape index (κ1) is 11.8. The van der Waals surface area contributed by atoms with Crippen molar-refractivity contribution in [3.63, 3.8) is 0 Å². The second-order valence-electron chi connectivity index (χ2n) is 8.08. The lowest BCUT2D eigenvalue weighted by Gasteiger charge is -2.61. The second kappa shape index (κ2) is 4.23. The van der Waals surface area contributed by atoms with Crippen molar-refractivity contribution in [3.05, 3.63) is 0 Å². The Balaban J connectivity index is 1.63. The minimum Gasteiger partial charge on any atom is -0.330 e. The van der Waals surface area contributed by atoms with E-state index < -0.39 is 0 Å². The maximum atomic E-state index is 6.32. The maximum absolute atomic E-state index is 6.32. The molecule has 5 aliphatic carbocycles. The van der Waals surface area contributed by atoms with E-state index in [0.717, 1.165) is 36.1 Å². The summed E-state index contributed by atoms with van der Waals surface area (Å²) >= 11 is 0. The van der Waals surface area contributed by atoms with Crippen LogP contribution in [0.1, 0.15) is 64.2 Å². The summed E-state index contributed by atoms with van der Waals surface area (Å²) in [4.78, 5) is 0. The van der Waals surface area contributed by atoms with Crippen molar-refractivity contribution in [2.75, 3.05) is 6.54 Å². The Bertz CT molecular complexity index is 288. The molecule has 0 heterocycles. The van der Waals surface area contributed by atoms with E-state index in [0.29, 0.717) is 5.41 Å². The summed E-state index contributed by atoms with van der Waals surface area (Å²) in [6.07, 6.45) is 15.1. The molecule has 0 aromatic heterocycles. The molecule has 0 atom stereocenters. The molecule has 0 aliphatic heterocycles. The zero-order valence-corrected chi connectivity index (χ0v) is 11.7. The van der Waals surface area contributed by atoms with E-state index in [1.807, 2.05) is 0 Å². The highest BCUT2D eigenvalue weighted by molar-refractivity contribution is 5.05. The minimum absolute atomic E-state index is 0.570. The smallest absolute Gasteiger partial charge is 0.00177 e. The molecular formula is C17H29N. The van der Waals surface area contributed by atoms with Gasteiger partial charge in [0, 0.05) is 0 Å². The first-order chi connectivity index (χ1) is 8.81. The van der Waals surface area contributed by atoms with Crippen molar-refractivity contribution in [2.45, 2.75) is 64.2 Å². The molecule has 2 N–H and O–H groups in total. The molecule has 5 aliphatic rings. The van der Waals surface area contributed by atoms with Gasteiger partial charge in [0.2, 0.25) is 0 Å². The molecule has 0 amide bonds. The predicted octanol–water partition coefficient (Wildman–Crippen LogP) is 3.97. The fourth-order valence-corrected chi connectivity index (χ4v) is 6.85. The molecule has 1 nitrogen and oxygen atoms in total. The van der Waals surface area contributed by atoms with Crippen LogP contribution in [-0.4, -0.2) is 6.54 Å². The van der Waals surface area contributed by atoms with E-state index in [-0.39, 0.29) is 0 Å². The minimum atomic E-state index is 0.570. The van der Waals surface area contributed by atoms with Crippen molar-refractivity contribution >= 4 is 0 Å². The molecule has 1 heteroatoms. The normalized spacial score (nSPS) is 49.5. The van der Waals surface area contributed by atoms with E-state index >= 15 is 0 Å². The van der Waals surface area contributed by atoms with Crippen LogP contribution in [0.2, 0.25) is 0 Å². The van der Waals surface area contributed by atoms with Gasteiger partial charge in [0.15, 0.2) is 0 Å². The largest absolute Gasteiger partial charge is 0.330 e. The quantitative estimate of drug-likeness (QED) is 0.785. The summed E-state index contributed by atoms with van der Waals surface area (Å²) in [5, 5.41) is 0. The summed E-state index contributed by atoms with van der Waals surface area (Å²) in [7, 11) is 0. The van der Waals surface area contributed by atoms with E-state index in [1.54, 1.807) is 32.1 Å². The van der Waals surface area contributed by atoms with Gasteiger partial charge in [-0.15, -0.1) is 0 Å². The van der Waals surface area contributed by atoms with Crippen molar-refractivity contribution in [3.8, 4) is 0 Å². The molecule has 0 aromatic carbocycles. The highest BCUT2D eigenvalue weighted by atomic mass is 14.7. The molecule has 18 heavy (non-hydrogen) atoms. The fraction of sp³-hybridized carbons (Fsp3) is 1.00. The monoisotopic (exact) mass is 247 g/mol. The van der Waals surface area contributed by atoms with Gasteiger partial charge in [-0.05, 0) is 86.5 Å².